The fraction of sp³-hybridized carbons (Fsp3) is 0.706. The summed E-state index contributed by atoms with van der Waals surface area (Å²) >= 11 is 0. The number of carbonyl (C=O) groups is 2. The first-order valence-electron chi connectivity index (χ1n) is 8.33. The number of aliphatic carboxylic acids is 2. The van der Waals surface area contributed by atoms with E-state index in [1.165, 1.54) is 0 Å². The maximum absolute atomic E-state index is 11.0. The monoisotopic (exact) mass is 328 g/mol. The van der Waals surface area contributed by atoms with Crippen LogP contribution >= 0.6 is 6.89 Å². The molecule has 0 aromatic rings. The molecule has 0 saturated heterocycles. The van der Waals surface area contributed by atoms with Crippen molar-refractivity contribution in [2.45, 2.75) is 70.4 Å². The molecule has 0 spiro atoms. The summed E-state index contributed by atoms with van der Waals surface area (Å²) in [6, 6.07) is 0. The molecule has 0 radical (unpaired) electrons. The summed E-state index contributed by atoms with van der Waals surface area (Å²) in [5, 5.41) is 18.0. The average molecular weight is 328 g/mol. The molecule has 0 aromatic heterocycles. The molecule has 0 aromatic carbocycles. The highest BCUT2D eigenvalue weighted by Crippen LogP contribution is 2.59. The second kappa shape index (κ2) is 9.89. The van der Waals surface area contributed by atoms with Crippen molar-refractivity contribution in [3.05, 3.63) is 11.9 Å². The molecule has 1 heterocycles. The van der Waals surface area contributed by atoms with Gasteiger partial charge in [-0.3, -0.25) is 9.59 Å². The highest BCUT2D eigenvalue weighted by Gasteiger charge is 2.29. The van der Waals surface area contributed by atoms with Crippen LogP contribution < -0.4 is 0 Å². The molecule has 0 amide bonds. The van der Waals surface area contributed by atoms with Crippen LogP contribution in [0.1, 0.15) is 64.7 Å². The molecule has 0 aliphatic carbocycles. The summed E-state index contributed by atoms with van der Waals surface area (Å²) < 4.78 is 0. The number of carboxylic acid groups (broad SMARTS) is 2. The molecule has 126 valence electrons. The van der Waals surface area contributed by atoms with Crippen LogP contribution in [0.5, 0.6) is 0 Å². The van der Waals surface area contributed by atoms with Crippen molar-refractivity contribution >= 4 is 24.6 Å². The van der Waals surface area contributed by atoms with Crippen molar-refractivity contribution in [3.63, 3.8) is 0 Å². The van der Waals surface area contributed by atoms with Crippen LogP contribution in [0.2, 0.25) is 0 Å². The fourth-order valence-corrected chi connectivity index (χ4v) is 7.58. The molecule has 1 aliphatic rings. The van der Waals surface area contributed by atoms with Gasteiger partial charge in [0.1, 0.15) is 0 Å². The van der Waals surface area contributed by atoms with Gasteiger partial charge in [-0.15, -0.1) is 0 Å². The zero-order valence-electron chi connectivity index (χ0n) is 13.5. The first kappa shape index (κ1) is 19.0. The molecule has 1 aliphatic heterocycles. The van der Waals surface area contributed by atoms with E-state index in [0.717, 1.165) is 38.5 Å². The lowest BCUT2D eigenvalue weighted by Gasteiger charge is -2.35. The van der Waals surface area contributed by atoms with Crippen LogP contribution in [-0.4, -0.2) is 39.8 Å². The first-order chi connectivity index (χ1) is 10.5. The maximum atomic E-state index is 11.0. The summed E-state index contributed by atoms with van der Waals surface area (Å²) in [5.74, 6) is 3.14. The van der Waals surface area contributed by atoms with Crippen LogP contribution in [0.3, 0.4) is 0 Å². The van der Waals surface area contributed by atoms with Crippen molar-refractivity contribution in [2.24, 2.45) is 0 Å². The summed E-state index contributed by atoms with van der Waals surface area (Å²) in [7, 11) is 0. The highest BCUT2D eigenvalue weighted by molar-refractivity contribution is 7.78. The molecular formula is C17H29O4P. The average Bonchev–Trinajstić information content (AvgIpc) is 2.48. The van der Waals surface area contributed by atoms with Crippen LogP contribution in [0, 0.1) is 0 Å². The summed E-state index contributed by atoms with van der Waals surface area (Å²) in [5.41, 5.74) is 0.356. The van der Waals surface area contributed by atoms with E-state index in [-0.39, 0.29) is 12.8 Å². The van der Waals surface area contributed by atoms with Gasteiger partial charge in [0.25, 0.3) is 0 Å². The van der Waals surface area contributed by atoms with E-state index in [4.69, 9.17) is 10.2 Å². The smallest absolute Gasteiger partial charge is 0.303 e. The minimum absolute atomic E-state index is 0.186. The van der Waals surface area contributed by atoms with Crippen LogP contribution in [-0.2, 0) is 9.59 Å². The highest BCUT2D eigenvalue weighted by atomic mass is 31.2. The SMILES string of the molecule is CCCC/C=C/P1(CCC(=O)O)=CCCCC1CCC(=O)O. The summed E-state index contributed by atoms with van der Waals surface area (Å²) in [6.07, 6.45) is 10.5. The molecule has 22 heavy (non-hydrogen) atoms. The van der Waals surface area contributed by atoms with E-state index in [0.29, 0.717) is 18.2 Å². The third-order valence-corrected chi connectivity index (χ3v) is 8.98. The first-order valence-corrected chi connectivity index (χ1v) is 10.5. The van der Waals surface area contributed by atoms with Gasteiger partial charge in [-0.1, -0.05) is 44.3 Å². The Labute approximate surface area is 133 Å². The van der Waals surface area contributed by atoms with Crippen molar-refractivity contribution in [2.75, 3.05) is 6.16 Å². The third kappa shape index (κ3) is 6.39. The molecular weight excluding hydrogens is 299 g/mol. The Kier molecular flexibility index (Phi) is 8.55. The lowest BCUT2D eigenvalue weighted by molar-refractivity contribution is -0.137. The Morgan fingerprint density at radius 1 is 1.27 bits per heavy atom. The van der Waals surface area contributed by atoms with Gasteiger partial charge in [0.2, 0.25) is 0 Å². The van der Waals surface area contributed by atoms with Gasteiger partial charge in [0, 0.05) is 12.8 Å². The topological polar surface area (TPSA) is 74.6 Å². The number of rotatable bonds is 10. The number of hydrogen-bond donors (Lipinski definition) is 2. The molecule has 0 bridgehead atoms. The molecule has 2 N–H and O–H groups in total. The van der Waals surface area contributed by atoms with Gasteiger partial charge >= 0.3 is 11.9 Å². The van der Waals surface area contributed by atoms with Crippen LogP contribution in [0.15, 0.2) is 11.9 Å². The van der Waals surface area contributed by atoms with Crippen molar-refractivity contribution in [1.82, 2.24) is 0 Å². The molecule has 4 nitrogen and oxygen atoms in total. The fourth-order valence-electron chi connectivity index (χ4n) is 3.16. The molecule has 2 unspecified atom stereocenters. The van der Waals surface area contributed by atoms with E-state index >= 15 is 0 Å². The van der Waals surface area contributed by atoms with E-state index in [1.54, 1.807) is 0 Å². The quantitative estimate of drug-likeness (QED) is 0.460. The van der Waals surface area contributed by atoms with E-state index in [1.807, 2.05) is 0 Å². The van der Waals surface area contributed by atoms with E-state index < -0.39 is 18.8 Å². The van der Waals surface area contributed by atoms with Crippen molar-refractivity contribution in [1.29, 1.82) is 0 Å². The summed E-state index contributed by atoms with van der Waals surface area (Å²) in [6.45, 7) is 0.558. The maximum Gasteiger partial charge on any atom is 0.303 e. The lowest BCUT2D eigenvalue weighted by atomic mass is 10.1. The Morgan fingerprint density at radius 2 is 2.00 bits per heavy atom. The van der Waals surface area contributed by atoms with Gasteiger partial charge in [0.05, 0.1) is 0 Å². The number of unbranched alkanes of at least 4 members (excludes halogenated alkanes) is 2. The lowest BCUT2D eigenvalue weighted by Crippen LogP contribution is -2.18. The molecule has 2 atom stereocenters. The standard InChI is InChI=1S/C17H29O4P/c1-2-3-4-6-12-22(14-11-17(20)21)13-7-5-8-15(22)9-10-16(18)19/h6,12-13,15H,2-5,7-11,14H2,1H3,(H,18,19)(H,20,21)/b12-6+. The van der Waals surface area contributed by atoms with Crippen molar-refractivity contribution < 1.29 is 19.8 Å². The van der Waals surface area contributed by atoms with Crippen LogP contribution in [0.25, 0.3) is 0 Å². The second-order valence-electron chi connectivity index (χ2n) is 6.09. The molecule has 0 fully saturated rings. The van der Waals surface area contributed by atoms with Gasteiger partial charge in [-0.25, -0.2) is 0 Å². The Balaban J connectivity index is 2.91. The molecule has 5 heteroatoms. The van der Waals surface area contributed by atoms with Gasteiger partial charge in [-0.2, -0.15) is 0 Å². The second-order valence-corrected chi connectivity index (χ2v) is 9.92. The Hall–Kier alpha value is -1.02. The minimum Gasteiger partial charge on any atom is -0.481 e. The zero-order valence-corrected chi connectivity index (χ0v) is 14.4. The van der Waals surface area contributed by atoms with Gasteiger partial charge in [0.15, 0.2) is 0 Å². The Morgan fingerprint density at radius 3 is 2.64 bits per heavy atom. The third-order valence-electron chi connectivity index (χ3n) is 4.40. The normalized spacial score (nSPS) is 25.0. The minimum atomic E-state index is -1.60. The molecule has 1 rings (SSSR count). The predicted octanol–water partition coefficient (Wildman–Crippen LogP) is 4.40. The van der Waals surface area contributed by atoms with E-state index in [2.05, 4.69) is 24.6 Å². The predicted molar refractivity (Wildman–Crippen MR) is 93.3 cm³/mol. The van der Waals surface area contributed by atoms with Gasteiger partial charge in [-0.05, 0) is 43.9 Å². The zero-order chi connectivity index (χ0) is 16.4. The van der Waals surface area contributed by atoms with E-state index in [9.17, 15) is 9.59 Å². The number of carboxylic acids is 2. The van der Waals surface area contributed by atoms with Crippen LogP contribution in [0.4, 0.5) is 0 Å². The Bertz CT molecular complexity index is 454. The number of allylic oxidation sites excluding steroid dienone is 1. The largest absolute Gasteiger partial charge is 0.481 e. The van der Waals surface area contributed by atoms with Gasteiger partial charge < -0.3 is 10.2 Å². The summed E-state index contributed by atoms with van der Waals surface area (Å²) in [4.78, 5) is 21.9. The van der Waals surface area contributed by atoms with Crippen molar-refractivity contribution in [3.8, 4) is 0 Å². The number of hydrogen-bond acceptors (Lipinski definition) is 2. The molecule has 0 saturated carbocycles.